The number of hydrogen-bond acceptors (Lipinski definition) is 2. The fourth-order valence-corrected chi connectivity index (χ4v) is 3.42. The van der Waals surface area contributed by atoms with Crippen molar-refractivity contribution in [3.8, 4) is 11.8 Å². The van der Waals surface area contributed by atoms with Gasteiger partial charge < -0.3 is 5.32 Å². The molecule has 0 saturated heterocycles. The van der Waals surface area contributed by atoms with Crippen LogP contribution in [0.3, 0.4) is 0 Å². The molecule has 4 heteroatoms. The summed E-state index contributed by atoms with van der Waals surface area (Å²) in [6, 6.07) is 2.49. The normalized spacial score (nSPS) is 12.0. The first-order chi connectivity index (χ1) is 7.19. The highest BCUT2D eigenvalue weighted by atomic mass is 79.9. The van der Waals surface area contributed by atoms with Gasteiger partial charge in [-0.25, -0.2) is 0 Å². The molecule has 0 amide bonds. The van der Waals surface area contributed by atoms with Crippen molar-refractivity contribution in [1.29, 1.82) is 0 Å². The predicted octanol–water partition coefficient (Wildman–Crippen LogP) is 4.34. The average Bonchev–Trinajstić information content (AvgIpc) is 2.54. The number of thiophene rings is 1. The van der Waals surface area contributed by atoms with Crippen molar-refractivity contribution >= 4 is 43.2 Å². The summed E-state index contributed by atoms with van der Waals surface area (Å²) in [5.74, 6) is 6.06. The molecule has 0 radical (unpaired) electrons. The van der Waals surface area contributed by atoms with E-state index in [0.717, 1.165) is 21.2 Å². The van der Waals surface area contributed by atoms with Gasteiger partial charge in [0.1, 0.15) is 0 Å². The van der Waals surface area contributed by atoms with Crippen molar-refractivity contribution < 1.29 is 0 Å². The molecule has 0 aliphatic heterocycles. The van der Waals surface area contributed by atoms with E-state index in [1.807, 2.05) is 6.92 Å². The Morgan fingerprint density at radius 1 is 1.53 bits per heavy atom. The van der Waals surface area contributed by atoms with Crippen molar-refractivity contribution in [2.45, 2.75) is 26.3 Å². The first kappa shape index (κ1) is 13.2. The van der Waals surface area contributed by atoms with E-state index in [4.69, 9.17) is 0 Å². The molecule has 1 rings (SSSR count). The number of hydrogen-bond donors (Lipinski definition) is 1. The van der Waals surface area contributed by atoms with Crippen LogP contribution < -0.4 is 5.32 Å². The zero-order valence-electron chi connectivity index (χ0n) is 8.73. The molecule has 0 saturated carbocycles. The minimum absolute atomic E-state index is 0.343. The summed E-state index contributed by atoms with van der Waals surface area (Å²) >= 11 is 8.77. The highest BCUT2D eigenvalue weighted by Gasteiger charge is 2.13. The minimum Gasteiger partial charge on any atom is -0.309 e. The van der Waals surface area contributed by atoms with Gasteiger partial charge >= 0.3 is 0 Å². The zero-order chi connectivity index (χ0) is 11.3. The SMILES string of the molecule is CC#CCC(NCC)c1cc(Br)c(Br)s1. The van der Waals surface area contributed by atoms with Gasteiger partial charge in [-0.3, -0.25) is 0 Å². The molecule has 0 spiro atoms. The molecule has 1 N–H and O–H groups in total. The van der Waals surface area contributed by atoms with E-state index in [1.165, 1.54) is 4.88 Å². The van der Waals surface area contributed by atoms with Gasteiger partial charge in [-0.2, -0.15) is 0 Å². The lowest BCUT2D eigenvalue weighted by Gasteiger charge is -2.12. The van der Waals surface area contributed by atoms with Crippen LogP contribution in [0.1, 0.15) is 31.2 Å². The van der Waals surface area contributed by atoms with Crippen LogP contribution in [0.5, 0.6) is 0 Å². The van der Waals surface area contributed by atoms with Crippen molar-refractivity contribution in [3.05, 3.63) is 19.2 Å². The van der Waals surface area contributed by atoms with Crippen LogP contribution in [0.15, 0.2) is 14.3 Å². The van der Waals surface area contributed by atoms with Crippen LogP contribution >= 0.6 is 43.2 Å². The Morgan fingerprint density at radius 3 is 2.73 bits per heavy atom. The molecule has 1 aromatic heterocycles. The second-order valence-electron chi connectivity index (χ2n) is 3.01. The van der Waals surface area contributed by atoms with Crippen LogP contribution in [-0.2, 0) is 0 Å². The van der Waals surface area contributed by atoms with Gasteiger partial charge in [0.05, 0.1) is 9.83 Å². The van der Waals surface area contributed by atoms with Crippen LogP contribution in [0.2, 0.25) is 0 Å². The molecule has 1 nitrogen and oxygen atoms in total. The van der Waals surface area contributed by atoms with Gasteiger partial charge in [0, 0.05) is 15.8 Å². The highest BCUT2D eigenvalue weighted by Crippen LogP contribution is 2.36. The summed E-state index contributed by atoms with van der Waals surface area (Å²) in [6.45, 7) is 4.95. The van der Waals surface area contributed by atoms with E-state index < -0.39 is 0 Å². The lowest BCUT2D eigenvalue weighted by Crippen LogP contribution is -2.19. The molecule has 0 aromatic carbocycles. The number of halogens is 2. The topological polar surface area (TPSA) is 12.0 Å². The van der Waals surface area contributed by atoms with Crippen molar-refractivity contribution in [1.82, 2.24) is 5.32 Å². The molecular formula is C11H13Br2NS. The maximum atomic E-state index is 3.51. The molecule has 0 aliphatic carbocycles. The van der Waals surface area contributed by atoms with Crippen LogP contribution in [0, 0.1) is 11.8 Å². The summed E-state index contributed by atoms with van der Waals surface area (Å²) < 4.78 is 2.26. The third-order valence-corrected chi connectivity index (χ3v) is 5.31. The molecule has 1 aromatic rings. The lowest BCUT2D eigenvalue weighted by atomic mass is 10.2. The van der Waals surface area contributed by atoms with Crippen molar-refractivity contribution in [2.75, 3.05) is 6.54 Å². The van der Waals surface area contributed by atoms with Gasteiger partial charge in [-0.1, -0.05) is 6.92 Å². The average molecular weight is 351 g/mol. The third-order valence-electron chi connectivity index (χ3n) is 1.94. The molecule has 1 unspecified atom stereocenters. The minimum atomic E-state index is 0.343. The summed E-state index contributed by atoms with van der Waals surface area (Å²) in [6.07, 6.45) is 0.865. The predicted molar refractivity (Wildman–Crippen MR) is 74.2 cm³/mol. The van der Waals surface area contributed by atoms with Gasteiger partial charge in [0.25, 0.3) is 0 Å². The van der Waals surface area contributed by atoms with Gasteiger partial charge in [-0.15, -0.1) is 23.2 Å². The van der Waals surface area contributed by atoms with Gasteiger partial charge in [0.15, 0.2) is 0 Å². The fraction of sp³-hybridized carbons (Fsp3) is 0.455. The maximum absolute atomic E-state index is 3.51. The Balaban J connectivity index is 2.81. The Kier molecular flexibility index (Phi) is 5.91. The molecule has 1 atom stereocenters. The van der Waals surface area contributed by atoms with Gasteiger partial charge in [0.2, 0.25) is 0 Å². The Labute approximate surface area is 112 Å². The van der Waals surface area contributed by atoms with Crippen molar-refractivity contribution in [2.24, 2.45) is 0 Å². The van der Waals surface area contributed by atoms with Crippen molar-refractivity contribution in [3.63, 3.8) is 0 Å². The highest BCUT2D eigenvalue weighted by molar-refractivity contribution is 9.13. The Hall–Kier alpha value is 0.180. The second-order valence-corrected chi connectivity index (χ2v) is 6.27. The lowest BCUT2D eigenvalue weighted by molar-refractivity contribution is 0.573. The van der Waals surface area contributed by atoms with Crippen LogP contribution in [0.4, 0.5) is 0 Å². The third kappa shape index (κ3) is 3.92. The van der Waals surface area contributed by atoms with E-state index >= 15 is 0 Å². The van der Waals surface area contributed by atoms with E-state index in [0.29, 0.717) is 6.04 Å². The fourth-order valence-electron chi connectivity index (χ4n) is 1.26. The standard InChI is InChI=1S/C11H13Br2NS/c1-3-5-6-9(14-4-2)10-7-8(12)11(13)15-10/h7,9,14H,4,6H2,1-2H3. The summed E-state index contributed by atoms with van der Waals surface area (Å²) in [7, 11) is 0. The number of nitrogens with one attached hydrogen (secondary N) is 1. The quantitative estimate of drug-likeness (QED) is 0.796. The molecular weight excluding hydrogens is 338 g/mol. The molecule has 0 fully saturated rings. The number of rotatable bonds is 4. The first-order valence-electron chi connectivity index (χ1n) is 4.76. The monoisotopic (exact) mass is 349 g/mol. The summed E-state index contributed by atoms with van der Waals surface area (Å²) in [4.78, 5) is 1.32. The summed E-state index contributed by atoms with van der Waals surface area (Å²) in [5, 5.41) is 3.44. The molecule has 1 heterocycles. The molecule has 82 valence electrons. The molecule has 15 heavy (non-hydrogen) atoms. The van der Waals surface area contributed by atoms with Crippen LogP contribution in [-0.4, -0.2) is 6.54 Å². The zero-order valence-corrected chi connectivity index (χ0v) is 12.7. The maximum Gasteiger partial charge on any atom is 0.0843 e. The smallest absolute Gasteiger partial charge is 0.0843 e. The Morgan fingerprint density at radius 2 is 2.27 bits per heavy atom. The Bertz CT molecular complexity index is 356. The van der Waals surface area contributed by atoms with Crippen LogP contribution in [0.25, 0.3) is 0 Å². The molecule has 0 bridgehead atoms. The van der Waals surface area contributed by atoms with E-state index in [2.05, 4.69) is 62.0 Å². The van der Waals surface area contributed by atoms with Gasteiger partial charge in [-0.05, 0) is 51.4 Å². The second kappa shape index (κ2) is 6.70. The summed E-state index contributed by atoms with van der Waals surface area (Å²) in [5.41, 5.74) is 0. The van der Waals surface area contributed by atoms with E-state index in [1.54, 1.807) is 11.3 Å². The first-order valence-corrected chi connectivity index (χ1v) is 7.17. The van der Waals surface area contributed by atoms with E-state index in [9.17, 15) is 0 Å². The van der Waals surface area contributed by atoms with E-state index in [-0.39, 0.29) is 0 Å². The molecule has 0 aliphatic rings. The largest absolute Gasteiger partial charge is 0.309 e.